The lowest BCUT2D eigenvalue weighted by Gasteiger charge is -1.97. The number of hydrogen-bond acceptors (Lipinski definition) is 4. The van der Waals surface area contributed by atoms with Gasteiger partial charge >= 0.3 is 5.97 Å². The first-order valence-corrected chi connectivity index (χ1v) is 7.85. The molecule has 0 aliphatic rings. The number of thiazole rings is 1. The molecule has 0 aliphatic carbocycles. The lowest BCUT2D eigenvalue weighted by molar-refractivity contribution is -0.136. The third-order valence-electron chi connectivity index (χ3n) is 2.46. The Labute approximate surface area is 116 Å². The van der Waals surface area contributed by atoms with Crippen LogP contribution in [-0.2, 0) is 11.2 Å². The van der Waals surface area contributed by atoms with E-state index in [0.717, 1.165) is 27.1 Å². The topological polar surface area (TPSA) is 50.2 Å². The Bertz CT molecular complexity index is 402. The second kappa shape index (κ2) is 8.32. The zero-order chi connectivity index (χ0) is 13.4. The van der Waals surface area contributed by atoms with Gasteiger partial charge in [-0.25, -0.2) is 4.98 Å². The van der Waals surface area contributed by atoms with Crippen LogP contribution in [0.25, 0.3) is 0 Å². The highest BCUT2D eigenvalue weighted by Gasteiger charge is 2.10. The molecular formula is C13H19NO2S2. The van der Waals surface area contributed by atoms with Crippen molar-refractivity contribution < 1.29 is 9.90 Å². The summed E-state index contributed by atoms with van der Waals surface area (Å²) in [5.74, 6) is 0.263. The van der Waals surface area contributed by atoms with Crippen molar-refractivity contribution in [3.63, 3.8) is 0 Å². The summed E-state index contributed by atoms with van der Waals surface area (Å²) >= 11 is 3.24. The molecule has 18 heavy (non-hydrogen) atoms. The van der Waals surface area contributed by atoms with Crippen molar-refractivity contribution in [3.05, 3.63) is 23.2 Å². The Morgan fingerprint density at radius 2 is 2.28 bits per heavy atom. The zero-order valence-electron chi connectivity index (χ0n) is 10.6. The summed E-state index contributed by atoms with van der Waals surface area (Å²) in [5, 5.41) is 8.76. The maximum absolute atomic E-state index is 10.7. The van der Waals surface area contributed by atoms with Crippen molar-refractivity contribution >= 4 is 29.1 Å². The summed E-state index contributed by atoms with van der Waals surface area (Å²) in [6, 6.07) is 0. The average Bonchev–Trinajstić information content (AvgIpc) is 2.64. The maximum Gasteiger partial charge on any atom is 0.308 e. The molecule has 0 saturated heterocycles. The molecule has 1 aromatic heterocycles. The minimum absolute atomic E-state index is 0.0867. The molecule has 0 radical (unpaired) electrons. The normalized spacial score (nSPS) is 10.5. The van der Waals surface area contributed by atoms with E-state index in [1.807, 2.05) is 13.0 Å². The third kappa shape index (κ3) is 5.69. The third-order valence-corrected chi connectivity index (χ3v) is 4.85. The van der Waals surface area contributed by atoms with E-state index in [1.165, 1.54) is 30.6 Å². The van der Waals surface area contributed by atoms with Crippen LogP contribution in [0.4, 0.5) is 0 Å². The van der Waals surface area contributed by atoms with Gasteiger partial charge in [0.05, 0.1) is 12.1 Å². The SMILES string of the molecule is C=CCCCCCSc1nc(C)c(CC(=O)O)s1. The highest BCUT2D eigenvalue weighted by atomic mass is 32.2. The monoisotopic (exact) mass is 285 g/mol. The Kier molecular flexibility index (Phi) is 7.05. The number of aromatic nitrogens is 1. The van der Waals surface area contributed by atoms with Crippen LogP contribution in [-0.4, -0.2) is 21.8 Å². The minimum Gasteiger partial charge on any atom is -0.481 e. The zero-order valence-corrected chi connectivity index (χ0v) is 12.3. The minimum atomic E-state index is -0.789. The van der Waals surface area contributed by atoms with Crippen molar-refractivity contribution in [3.8, 4) is 0 Å². The van der Waals surface area contributed by atoms with E-state index in [0.29, 0.717) is 0 Å². The van der Waals surface area contributed by atoms with Crippen LogP contribution < -0.4 is 0 Å². The fourth-order valence-corrected chi connectivity index (χ4v) is 3.79. The van der Waals surface area contributed by atoms with Gasteiger partial charge in [0.2, 0.25) is 0 Å². The number of carbonyl (C=O) groups is 1. The molecule has 1 heterocycles. The van der Waals surface area contributed by atoms with Crippen LogP contribution in [0.15, 0.2) is 17.0 Å². The molecule has 1 N–H and O–H groups in total. The van der Waals surface area contributed by atoms with Gasteiger partial charge < -0.3 is 5.11 Å². The molecule has 3 nitrogen and oxygen atoms in total. The van der Waals surface area contributed by atoms with Gasteiger partial charge in [0, 0.05) is 10.6 Å². The number of unbranched alkanes of at least 4 members (excludes halogenated alkanes) is 3. The lowest BCUT2D eigenvalue weighted by atomic mass is 10.2. The van der Waals surface area contributed by atoms with Crippen molar-refractivity contribution in [2.24, 2.45) is 0 Å². The second-order valence-corrected chi connectivity index (χ2v) is 6.47. The number of nitrogens with zero attached hydrogens (tertiary/aromatic N) is 1. The van der Waals surface area contributed by atoms with Crippen LogP contribution in [0.5, 0.6) is 0 Å². The number of rotatable bonds is 9. The summed E-state index contributed by atoms with van der Waals surface area (Å²) in [6.07, 6.45) is 6.71. The average molecular weight is 285 g/mol. The van der Waals surface area contributed by atoms with E-state index < -0.39 is 5.97 Å². The van der Waals surface area contributed by atoms with Gasteiger partial charge in [-0.15, -0.1) is 17.9 Å². The van der Waals surface area contributed by atoms with E-state index in [2.05, 4.69) is 11.6 Å². The summed E-state index contributed by atoms with van der Waals surface area (Å²) in [6.45, 7) is 5.58. The van der Waals surface area contributed by atoms with Crippen LogP contribution in [0.1, 0.15) is 36.3 Å². The van der Waals surface area contributed by atoms with Gasteiger partial charge in [-0.3, -0.25) is 4.79 Å². The van der Waals surface area contributed by atoms with E-state index in [9.17, 15) is 4.79 Å². The largest absolute Gasteiger partial charge is 0.481 e. The van der Waals surface area contributed by atoms with Crippen molar-refractivity contribution in [2.45, 2.75) is 43.4 Å². The quantitative estimate of drug-likeness (QED) is 0.424. The van der Waals surface area contributed by atoms with Crippen LogP contribution >= 0.6 is 23.1 Å². The maximum atomic E-state index is 10.7. The van der Waals surface area contributed by atoms with Crippen LogP contribution in [0.3, 0.4) is 0 Å². The molecule has 0 spiro atoms. The number of aliphatic carboxylic acids is 1. The van der Waals surface area contributed by atoms with Gasteiger partial charge in [0.25, 0.3) is 0 Å². The summed E-state index contributed by atoms with van der Waals surface area (Å²) < 4.78 is 0.993. The summed E-state index contributed by atoms with van der Waals surface area (Å²) in [7, 11) is 0. The Balaban J connectivity index is 2.30. The number of carboxylic acids is 1. The summed E-state index contributed by atoms with van der Waals surface area (Å²) in [5.41, 5.74) is 0.858. The van der Waals surface area contributed by atoms with E-state index in [4.69, 9.17) is 5.11 Å². The molecule has 5 heteroatoms. The van der Waals surface area contributed by atoms with Crippen molar-refractivity contribution in [1.29, 1.82) is 0 Å². The number of aryl methyl sites for hydroxylation is 1. The molecule has 0 aromatic carbocycles. The molecule has 0 atom stereocenters. The second-order valence-electron chi connectivity index (χ2n) is 4.05. The molecule has 0 fully saturated rings. The molecular weight excluding hydrogens is 266 g/mol. The van der Waals surface area contributed by atoms with Crippen molar-refractivity contribution in [2.75, 3.05) is 5.75 Å². The van der Waals surface area contributed by atoms with Gasteiger partial charge in [0.15, 0.2) is 0 Å². The Morgan fingerprint density at radius 3 is 2.94 bits per heavy atom. The van der Waals surface area contributed by atoms with Gasteiger partial charge in [-0.05, 0) is 26.2 Å². The molecule has 1 rings (SSSR count). The van der Waals surface area contributed by atoms with Gasteiger partial charge in [-0.1, -0.05) is 24.3 Å². The van der Waals surface area contributed by atoms with Crippen LogP contribution in [0.2, 0.25) is 0 Å². The van der Waals surface area contributed by atoms with Crippen molar-refractivity contribution in [1.82, 2.24) is 4.98 Å². The molecule has 0 unspecified atom stereocenters. The lowest BCUT2D eigenvalue weighted by Crippen LogP contribution is -1.99. The molecule has 0 amide bonds. The molecule has 0 bridgehead atoms. The number of carboxylic acid groups (broad SMARTS) is 1. The smallest absolute Gasteiger partial charge is 0.308 e. The first kappa shape index (κ1) is 15.2. The fraction of sp³-hybridized carbons (Fsp3) is 0.538. The highest BCUT2D eigenvalue weighted by molar-refractivity contribution is 8.01. The molecule has 0 saturated carbocycles. The molecule has 1 aromatic rings. The van der Waals surface area contributed by atoms with Crippen LogP contribution in [0, 0.1) is 6.92 Å². The number of thioether (sulfide) groups is 1. The van der Waals surface area contributed by atoms with Gasteiger partial charge in [-0.2, -0.15) is 0 Å². The Hall–Kier alpha value is -0.810. The Morgan fingerprint density at radius 1 is 1.50 bits per heavy atom. The predicted octanol–water partition coefficient (Wildman–Crippen LogP) is 3.92. The molecule has 100 valence electrons. The number of allylic oxidation sites excluding steroid dienone is 1. The van der Waals surface area contributed by atoms with E-state index in [1.54, 1.807) is 11.8 Å². The number of hydrogen-bond donors (Lipinski definition) is 1. The summed E-state index contributed by atoms with van der Waals surface area (Å²) in [4.78, 5) is 15.9. The fourth-order valence-electron chi connectivity index (χ4n) is 1.49. The first-order valence-electron chi connectivity index (χ1n) is 6.05. The predicted molar refractivity (Wildman–Crippen MR) is 77.6 cm³/mol. The first-order chi connectivity index (χ1) is 8.63. The van der Waals surface area contributed by atoms with Gasteiger partial charge in [0.1, 0.15) is 4.34 Å². The highest BCUT2D eigenvalue weighted by Crippen LogP contribution is 2.28. The van der Waals surface area contributed by atoms with E-state index >= 15 is 0 Å². The standard InChI is InChI=1S/C13H19NO2S2/c1-3-4-5-6-7-8-17-13-14-10(2)11(18-13)9-12(15)16/h3H,1,4-9H2,2H3,(H,15,16). The van der Waals surface area contributed by atoms with E-state index in [-0.39, 0.29) is 6.42 Å². The molecule has 0 aliphatic heterocycles.